The summed E-state index contributed by atoms with van der Waals surface area (Å²) < 4.78 is 0. The summed E-state index contributed by atoms with van der Waals surface area (Å²) in [5, 5.41) is 5.55. The first-order valence-corrected chi connectivity index (χ1v) is 4.73. The molecule has 0 aliphatic rings. The van der Waals surface area contributed by atoms with Gasteiger partial charge in [0, 0.05) is 12.2 Å². The minimum absolute atomic E-state index is 0.816. The molecular weight excluding hydrogens is 172 g/mol. The zero-order valence-corrected chi connectivity index (χ0v) is 8.25. The smallest absolute Gasteiger partial charge is 0.0366 e. The van der Waals surface area contributed by atoms with E-state index in [0.29, 0.717) is 0 Å². The van der Waals surface area contributed by atoms with E-state index in [9.17, 15) is 0 Å². The average Bonchev–Trinajstić information content (AvgIpc) is 2.19. The van der Waals surface area contributed by atoms with Crippen molar-refractivity contribution >= 4 is 16.5 Å². The van der Waals surface area contributed by atoms with Crippen LogP contribution in [0.4, 0.5) is 5.69 Å². The second-order valence-corrected chi connectivity index (χ2v) is 3.43. The molecule has 0 aliphatic heterocycles. The van der Waals surface area contributed by atoms with Crippen molar-refractivity contribution < 1.29 is 0 Å². The van der Waals surface area contributed by atoms with Crippen molar-refractivity contribution in [2.75, 3.05) is 12.8 Å². The summed E-state index contributed by atoms with van der Waals surface area (Å²) >= 11 is 0. The molecule has 2 aromatic rings. The Bertz CT molecular complexity index is 449. The summed E-state index contributed by atoms with van der Waals surface area (Å²) in [5.41, 5.74) is 7.95. The third-order valence-electron chi connectivity index (χ3n) is 2.37. The molecule has 3 N–H and O–H groups in total. The molecule has 0 spiro atoms. The predicted molar refractivity (Wildman–Crippen MR) is 61.1 cm³/mol. The van der Waals surface area contributed by atoms with E-state index in [1.807, 2.05) is 25.2 Å². The lowest BCUT2D eigenvalue weighted by Crippen LogP contribution is -2.07. The molecule has 0 atom stereocenters. The molecule has 0 unspecified atom stereocenters. The molecule has 0 aliphatic carbocycles. The highest BCUT2D eigenvalue weighted by Gasteiger charge is 2.00. The Morgan fingerprint density at radius 2 is 1.79 bits per heavy atom. The van der Waals surface area contributed by atoms with E-state index in [1.54, 1.807) is 0 Å². The molecule has 0 heterocycles. The molecule has 0 radical (unpaired) electrons. The Balaban J connectivity index is 2.59. The molecular formula is C12H14N2. The Kier molecular flexibility index (Phi) is 2.37. The number of fused-ring (bicyclic) bond motifs is 1. The van der Waals surface area contributed by atoms with Crippen LogP contribution in [0.25, 0.3) is 10.8 Å². The number of nitrogens with two attached hydrogens (primary N) is 1. The van der Waals surface area contributed by atoms with E-state index >= 15 is 0 Å². The van der Waals surface area contributed by atoms with E-state index in [2.05, 4.69) is 23.5 Å². The zero-order chi connectivity index (χ0) is 9.97. The summed E-state index contributed by atoms with van der Waals surface area (Å²) in [6.07, 6.45) is 0. The third-order valence-corrected chi connectivity index (χ3v) is 2.37. The van der Waals surface area contributed by atoms with Gasteiger partial charge in [-0.1, -0.05) is 24.3 Å². The van der Waals surface area contributed by atoms with Crippen LogP contribution >= 0.6 is 0 Å². The van der Waals surface area contributed by atoms with Gasteiger partial charge < -0.3 is 11.1 Å². The van der Waals surface area contributed by atoms with Crippen LogP contribution in [0.3, 0.4) is 0 Å². The predicted octanol–water partition coefficient (Wildman–Crippen LogP) is 2.14. The SMILES string of the molecule is CNCc1cc2ccccc2cc1N. The quantitative estimate of drug-likeness (QED) is 0.705. The van der Waals surface area contributed by atoms with Crippen molar-refractivity contribution in [2.24, 2.45) is 0 Å². The molecule has 14 heavy (non-hydrogen) atoms. The maximum Gasteiger partial charge on any atom is 0.0366 e. The van der Waals surface area contributed by atoms with Gasteiger partial charge in [0.25, 0.3) is 0 Å². The molecule has 2 nitrogen and oxygen atoms in total. The fraction of sp³-hybridized carbons (Fsp3) is 0.167. The molecule has 72 valence electrons. The largest absolute Gasteiger partial charge is 0.398 e. The van der Waals surface area contributed by atoms with Crippen LogP contribution in [0.1, 0.15) is 5.56 Å². The maximum absolute atomic E-state index is 5.93. The van der Waals surface area contributed by atoms with Gasteiger partial charge in [-0.25, -0.2) is 0 Å². The zero-order valence-electron chi connectivity index (χ0n) is 8.25. The summed E-state index contributed by atoms with van der Waals surface area (Å²) in [6.45, 7) is 0.816. The van der Waals surface area contributed by atoms with E-state index in [1.165, 1.54) is 10.8 Å². The highest BCUT2D eigenvalue weighted by atomic mass is 14.8. The number of nitrogens with one attached hydrogen (secondary N) is 1. The van der Waals surface area contributed by atoms with Crippen LogP contribution in [0.5, 0.6) is 0 Å². The summed E-state index contributed by atoms with van der Waals surface area (Å²) in [5.74, 6) is 0. The second-order valence-electron chi connectivity index (χ2n) is 3.43. The minimum atomic E-state index is 0.816. The van der Waals surface area contributed by atoms with Gasteiger partial charge in [0.05, 0.1) is 0 Å². The van der Waals surface area contributed by atoms with Crippen LogP contribution in [0.15, 0.2) is 36.4 Å². The maximum atomic E-state index is 5.93. The highest BCUT2D eigenvalue weighted by Crippen LogP contribution is 2.21. The summed E-state index contributed by atoms with van der Waals surface area (Å²) in [6, 6.07) is 12.4. The molecule has 0 amide bonds. The van der Waals surface area contributed by atoms with Gasteiger partial charge in [0.1, 0.15) is 0 Å². The standard InChI is InChI=1S/C12H14N2/c1-14-8-11-6-9-4-2-3-5-10(9)7-12(11)13/h2-7,14H,8,13H2,1H3. The van der Waals surface area contributed by atoms with E-state index in [4.69, 9.17) is 5.73 Å². The lowest BCUT2D eigenvalue weighted by atomic mass is 10.1. The molecule has 2 aromatic carbocycles. The van der Waals surface area contributed by atoms with Crippen molar-refractivity contribution in [3.05, 3.63) is 42.0 Å². The molecule has 0 aromatic heterocycles. The first kappa shape index (κ1) is 9.03. The van der Waals surface area contributed by atoms with E-state index < -0.39 is 0 Å². The van der Waals surface area contributed by atoms with Gasteiger partial charge in [-0.05, 0) is 35.5 Å². The lowest BCUT2D eigenvalue weighted by Gasteiger charge is -2.07. The van der Waals surface area contributed by atoms with Crippen LogP contribution in [0, 0.1) is 0 Å². The first-order valence-electron chi connectivity index (χ1n) is 4.73. The molecule has 2 rings (SSSR count). The first-order chi connectivity index (χ1) is 6.81. The number of rotatable bonds is 2. The van der Waals surface area contributed by atoms with Gasteiger partial charge in [-0.2, -0.15) is 0 Å². The van der Waals surface area contributed by atoms with E-state index in [-0.39, 0.29) is 0 Å². The van der Waals surface area contributed by atoms with Gasteiger partial charge in [-0.3, -0.25) is 0 Å². The molecule has 0 saturated carbocycles. The second kappa shape index (κ2) is 3.68. The van der Waals surface area contributed by atoms with Crippen molar-refractivity contribution in [1.29, 1.82) is 0 Å². The monoisotopic (exact) mass is 186 g/mol. The minimum Gasteiger partial charge on any atom is -0.398 e. The van der Waals surface area contributed by atoms with Crippen LogP contribution in [0.2, 0.25) is 0 Å². The van der Waals surface area contributed by atoms with Crippen molar-refractivity contribution in [3.8, 4) is 0 Å². The van der Waals surface area contributed by atoms with Crippen molar-refractivity contribution in [3.63, 3.8) is 0 Å². The number of anilines is 1. The number of hydrogen-bond acceptors (Lipinski definition) is 2. The Hall–Kier alpha value is -1.54. The summed E-state index contributed by atoms with van der Waals surface area (Å²) in [4.78, 5) is 0. The summed E-state index contributed by atoms with van der Waals surface area (Å²) in [7, 11) is 1.93. The Morgan fingerprint density at radius 3 is 2.43 bits per heavy atom. The molecule has 2 heteroatoms. The number of benzene rings is 2. The van der Waals surface area contributed by atoms with Crippen molar-refractivity contribution in [2.45, 2.75) is 6.54 Å². The fourth-order valence-electron chi connectivity index (χ4n) is 1.65. The Labute approximate surface area is 83.7 Å². The fourth-order valence-corrected chi connectivity index (χ4v) is 1.65. The highest BCUT2D eigenvalue weighted by molar-refractivity contribution is 5.86. The van der Waals surface area contributed by atoms with Crippen LogP contribution < -0.4 is 11.1 Å². The van der Waals surface area contributed by atoms with Gasteiger partial charge in [-0.15, -0.1) is 0 Å². The molecule has 0 saturated heterocycles. The number of nitrogen functional groups attached to an aromatic ring is 1. The van der Waals surface area contributed by atoms with Crippen LogP contribution in [-0.2, 0) is 6.54 Å². The lowest BCUT2D eigenvalue weighted by molar-refractivity contribution is 0.821. The van der Waals surface area contributed by atoms with E-state index in [0.717, 1.165) is 17.8 Å². The molecule has 0 bridgehead atoms. The third kappa shape index (κ3) is 1.56. The van der Waals surface area contributed by atoms with Gasteiger partial charge in [0.2, 0.25) is 0 Å². The average molecular weight is 186 g/mol. The molecule has 0 fully saturated rings. The van der Waals surface area contributed by atoms with Crippen LogP contribution in [-0.4, -0.2) is 7.05 Å². The van der Waals surface area contributed by atoms with Gasteiger partial charge in [0.15, 0.2) is 0 Å². The normalized spacial score (nSPS) is 10.6. The Morgan fingerprint density at radius 1 is 1.14 bits per heavy atom. The number of hydrogen-bond donors (Lipinski definition) is 2. The van der Waals surface area contributed by atoms with Gasteiger partial charge >= 0.3 is 0 Å². The van der Waals surface area contributed by atoms with Crippen molar-refractivity contribution in [1.82, 2.24) is 5.32 Å². The topological polar surface area (TPSA) is 38.0 Å².